The predicted molar refractivity (Wildman–Crippen MR) is 78.7 cm³/mol. The molecule has 0 radical (unpaired) electrons. The minimum absolute atomic E-state index is 0.0966. The topological polar surface area (TPSA) is 74.3 Å². The van der Waals surface area contributed by atoms with Crippen LogP contribution in [-0.4, -0.2) is 33.9 Å². The van der Waals surface area contributed by atoms with Gasteiger partial charge in [-0.25, -0.2) is 4.79 Å². The lowest BCUT2D eigenvalue weighted by Gasteiger charge is -2.20. The lowest BCUT2D eigenvalue weighted by molar-refractivity contribution is -0.131. The number of aromatic nitrogens is 1. The second-order valence-electron chi connectivity index (χ2n) is 5.68. The number of pyridine rings is 1. The maximum Gasteiger partial charge on any atom is 0.325 e. The van der Waals surface area contributed by atoms with Crippen LogP contribution in [0.3, 0.4) is 0 Å². The monoisotopic (exact) mass is 288 g/mol. The molecule has 2 N–H and O–H groups in total. The van der Waals surface area contributed by atoms with Crippen LogP contribution in [0.5, 0.6) is 0 Å². The molecule has 0 aromatic carbocycles. The third-order valence-corrected chi connectivity index (χ3v) is 4.22. The summed E-state index contributed by atoms with van der Waals surface area (Å²) in [6.45, 7) is 3.06. The molecule has 3 rings (SSSR count). The highest BCUT2D eigenvalue weighted by molar-refractivity contribution is 6.07. The van der Waals surface area contributed by atoms with E-state index in [-0.39, 0.29) is 18.5 Å². The number of hydrogen-bond acceptors (Lipinski definition) is 4. The lowest BCUT2D eigenvalue weighted by atomic mass is 9.98. The number of urea groups is 1. The van der Waals surface area contributed by atoms with Gasteiger partial charge in [0.2, 0.25) is 0 Å². The molecule has 1 aliphatic carbocycles. The summed E-state index contributed by atoms with van der Waals surface area (Å²) in [6, 6.07) is 3.46. The third kappa shape index (κ3) is 2.46. The Labute approximate surface area is 123 Å². The first-order valence-corrected chi connectivity index (χ1v) is 7.47. The first-order valence-electron chi connectivity index (χ1n) is 7.47. The number of carbonyl (C=O) groups is 2. The number of carbonyl (C=O) groups excluding carboxylic acids is 2. The Hall–Kier alpha value is -2.11. The van der Waals surface area contributed by atoms with E-state index in [9.17, 15) is 9.59 Å². The van der Waals surface area contributed by atoms with Gasteiger partial charge >= 0.3 is 6.03 Å². The summed E-state index contributed by atoms with van der Waals surface area (Å²) in [7, 11) is 0. The summed E-state index contributed by atoms with van der Waals surface area (Å²) in [5, 5.41) is 6.08. The minimum Gasteiger partial charge on any atom is -0.385 e. The van der Waals surface area contributed by atoms with E-state index in [2.05, 4.69) is 15.6 Å². The highest BCUT2D eigenvalue weighted by Gasteiger charge is 2.52. The van der Waals surface area contributed by atoms with Crippen LogP contribution < -0.4 is 10.6 Å². The van der Waals surface area contributed by atoms with Crippen molar-refractivity contribution in [3.05, 3.63) is 24.0 Å². The predicted octanol–water partition coefficient (Wildman–Crippen LogP) is 1.88. The van der Waals surface area contributed by atoms with Crippen molar-refractivity contribution in [2.75, 3.05) is 11.9 Å². The standard InChI is InChI=1S/C15H20N4O2/c1-2-16-11-5-8-17-12(9-11)10-19-13(20)15(18-14(19)21)6-3-4-7-15/h5,8-9H,2-4,6-7,10H2,1H3,(H,16,17)(H,18,21). The Morgan fingerprint density at radius 1 is 1.38 bits per heavy atom. The lowest BCUT2D eigenvalue weighted by Crippen LogP contribution is -2.44. The van der Waals surface area contributed by atoms with Gasteiger partial charge in [0.1, 0.15) is 5.54 Å². The quantitative estimate of drug-likeness (QED) is 0.830. The van der Waals surface area contributed by atoms with Gasteiger partial charge < -0.3 is 10.6 Å². The largest absolute Gasteiger partial charge is 0.385 e. The molecule has 6 heteroatoms. The fourth-order valence-corrected chi connectivity index (χ4v) is 3.18. The summed E-state index contributed by atoms with van der Waals surface area (Å²) >= 11 is 0. The third-order valence-electron chi connectivity index (χ3n) is 4.22. The average Bonchev–Trinajstić information content (AvgIpc) is 3.02. The Kier molecular flexibility index (Phi) is 3.53. The molecule has 2 fully saturated rings. The summed E-state index contributed by atoms with van der Waals surface area (Å²) < 4.78 is 0. The van der Waals surface area contributed by atoms with Gasteiger partial charge in [-0.2, -0.15) is 0 Å². The average molecular weight is 288 g/mol. The Morgan fingerprint density at radius 3 is 2.86 bits per heavy atom. The van der Waals surface area contributed by atoms with Crippen LogP contribution in [0.4, 0.5) is 10.5 Å². The molecule has 2 aliphatic rings. The van der Waals surface area contributed by atoms with E-state index in [0.717, 1.165) is 37.9 Å². The van der Waals surface area contributed by atoms with Crippen LogP contribution in [0.2, 0.25) is 0 Å². The minimum atomic E-state index is -0.642. The van der Waals surface area contributed by atoms with Crippen LogP contribution in [0.15, 0.2) is 18.3 Å². The van der Waals surface area contributed by atoms with Gasteiger partial charge in [0.05, 0.1) is 12.2 Å². The fourth-order valence-electron chi connectivity index (χ4n) is 3.18. The molecule has 0 bridgehead atoms. The number of imide groups is 1. The van der Waals surface area contributed by atoms with E-state index in [1.807, 2.05) is 19.1 Å². The summed E-state index contributed by atoms with van der Waals surface area (Å²) in [5.74, 6) is -0.0966. The molecule has 1 aliphatic heterocycles. The second kappa shape index (κ2) is 5.35. The maximum atomic E-state index is 12.6. The second-order valence-corrected chi connectivity index (χ2v) is 5.68. The van der Waals surface area contributed by atoms with Crippen LogP contribution in [0.1, 0.15) is 38.3 Å². The Bertz CT molecular complexity index is 567. The van der Waals surface area contributed by atoms with Crippen molar-refractivity contribution in [3.8, 4) is 0 Å². The van der Waals surface area contributed by atoms with Crippen LogP contribution in [0, 0.1) is 0 Å². The fraction of sp³-hybridized carbons (Fsp3) is 0.533. The van der Waals surface area contributed by atoms with Gasteiger partial charge in [0.25, 0.3) is 5.91 Å². The van der Waals surface area contributed by atoms with Gasteiger partial charge in [-0.3, -0.25) is 14.7 Å². The zero-order valence-electron chi connectivity index (χ0n) is 12.2. The van der Waals surface area contributed by atoms with E-state index >= 15 is 0 Å². The van der Waals surface area contributed by atoms with Crippen LogP contribution in [0.25, 0.3) is 0 Å². The number of hydrogen-bond donors (Lipinski definition) is 2. The molecular weight excluding hydrogens is 268 g/mol. The van der Waals surface area contributed by atoms with Crippen molar-refractivity contribution in [1.82, 2.24) is 15.2 Å². The number of nitrogens with zero attached hydrogens (tertiary/aromatic N) is 2. The molecule has 2 heterocycles. The van der Waals surface area contributed by atoms with Gasteiger partial charge in [0, 0.05) is 18.4 Å². The molecule has 0 atom stereocenters. The van der Waals surface area contributed by atoms with Crippen molar-refractivity contribution < 1.29 is 9.59 Å². The molecule has 1 saturated heterocycles. The SMILES string of the molecule is CCNc1ccnc(CN2C(=O)NC3(CCCC3)C2=O)c1. The molecule has 112 valence electrons. The van der Waals surface area contributed by atoms with Gasteiger partial charge in [0.15, 0.2) is 0 Å². The van der Waals surface area contributed by atoms with Crippen molar-refractivity contribution >= 4 is 17.6 Å². The van der Waals surface area contributed by atoms with Gasteiger partial charge in [-0.05, 0) is 31.9 Å². The van der Waals surface area contributed by atoms with E-state index in [0.29, 0.717) is 5.69 Å². The zero-order chi connectivity index (χ0) is 14.9. The van der Waals surface area contributed by atoms with Crippen LogP contribution in [-0.2, 0) is 11.3 Å². The molecule has 1 saturated carbocycles. The van der Waals surface area contributed by atoms with Crippen molar-refractivity contribution in [2.24, 2.45) is 0 Å². The zero-order valence-corrected chi connectivity index (χ0v) is 12.2. The number of rotatable bonds is 4. The highest BCUT2D eigenvalue weighted by Crippen LogP contribution is 2.35. The smallest absolute Gasteiger partial charge is 0.325 e. The number of nitrogens with one attached hydrogen (secondary N) is 2. The molecule has 0 unspecified atom stereocenters. The molecule has 1 aromatic rings. The van der Waals surface area contributed by atoms with E-state index in [1.54, 1.807) is 6.20 Å². The molecule has 21 heavy (non-hydrogen) atoms. The Balaban J connectivity index is 1.77. The molecular formula is C15H20N4O2. The first kappa shape index (κ1) is 13.9. The maximum absolute atomic E-state index is 12.6. The van der Waals surface area contributed by atoms with E-state index in [4.69, 9.17) is 0 Å². The molecule has 6 nitrogen and oxygen atoms in total. The van der Waals surface area contributed by atoms with Crippen molar-refractivity contribution in [1.29, 1.82) is 0 Å². The number of anilines is 1. The van der Waals surface area contributed by atoms with Crippen molar-refractivity contribution in [2.45, 2.75) is 44.7 Å². The summed E-state index contributed by atoms with van der Waals surface area (Å²) in [4.78, 5) is 30.2. The number of amides is 3. The van der Waals surface area contributed by atoms with E-state index < -0.39 is 5.54 Å². The summed E-state index contributed by atoms with van der Waals surface area (Å²) in [6.07, 6.45) is 5.18. The highest BCUT2D eigenvalue weighted by atomic mass is 16.2. The van der Waals surface area contributed by atoms with E-state index in [1.165, 1.54) is 4.90 Å². The molecule has 1 spiro atoms. The Morgan fingerprint density at radius 2 is 2.14 bits per heavy atom. The first-order chi connectivity index (χ1) is 10.1. The normalized spacial score (nSPS) is 20.1. The molecule has 1 aromatic heterocycles. The van der Waals surface area contributed by atoms with Crippen LogP contribution >= 0.6 is 0 Å². The van der Waals surface area contributed by atoms with Gasteiger partial charge in [-0.1, -0.05) is 12.8 Å². The van der Waals surface area contributed by atoms with Gasteiger partial charge in [-0.15, -0.1) is 0 Å². The van der Waals surface area contributed by atoms with Crippen molar-refractivity contribution in [3.63, 3.8) is 0 Å². The molecule has 3 amide bonds. The summed E-state index contributed by atoms with van der Waals surface area (Å²) in [5.41, 5.74) is 1.02.